The van der Waals surface area contributed by atoms with Crippen LogP contribution in [0.25, 0.3) is 0 Å². The van der Waals surface area contributed by atoms with Crippen LogP contribution in [0.3, 0.4) is 0 Å². The fourth-order valence-corrected chi connectivity index (χ4v) is 2.54. The van der Waals surface area contributed by atoms with Gasteiger partial charge < -0.3 is 14.8 Å². The molecule has 2 rings (SSSR count). The fraction of sp³-hybridized carbons (Fsp3) is 0.455. The maximum Gasteiger partial charge on any atom is 0.123 e. The highest BCUT2D eigenvalue weighted by atomic mass is 16.5. The van der Waals surface area contributed by atoms with Gasteiger partial charge in [0.2, 0.25) is 0 Å². The van der Waals surface area contributed by atoms with E-state index in [-0.39, 0.29) is 11.5 Å². The van der Waals surface area contributed by atoms with E-state index in [1.807, 2.05) is 36.4 Å². The highest BCUT2D eigenvalue weighted by Gasteiger charge is 2.18. The van der Waals surface area contributed by atoms with Crippen LogP contribution < -0.4 is 14.8 Å². The Morgan fingerprint density at radius 1 is 1.00 bits per heavy atom. The van der Waals surface area contributed by atoms with Crippen LogP contribution in [0.15, 0.2) is 48.5 Å². The Labute approximate surface area is 152 Å². The van der Waals surface area contributed by atoms with E-state index in [9.17, 15) is 0 Å². The van der Waals surface area contributed by atoms with Gasteiger partial charge in [-0.05, 0) is 54.7 Å². The van der Waals surface area contributed by atoms with Crippen LogP contribution in [0.1, 0.15) is 46.6 Å². The van der Waals surface area contributed by atoms with E-state index in [0.29, 0.717) is 6.61 Å². The van der Waals surface area contributed by atoms with Crippen molar-refractivity contribution in [2.45, 2.75) is 52.6 Å². The average Bonchev–Trinajstić information content (AvgIpc) is 2.59. The normalized spacial score (nSPS) is 12.5. The molecule has 0 radical (unpaired) electrons. The van der Waals surface area contributed by atoms with Crippen molar-refractivity contribution in [2.75, 3.05) is 18.5 Å². The van der Waals surface area contributed by atoms with Gasteiger partial charge in [-0.3, -0.25) is 0 Å². The van der Waals surface area contributed by atoms with Crippen molar-refractivity contribution in [1.82, 2.24) is 0 Å². The highest BCUT2D eigenvalue weighted by molar-refractivity contribution is 5.46. The molecule has 25 heavy (non-hydrogen) atoms. The summed E-state index contributed by atoms with van der Waals surface area (Å²) < 4.78 is 11.8. The predicted octanol–water partition coefficient (Wildman–Crippen LogP) is 5.65. The number of benzene rings is 2. The van der Waals surface area contributed by atoms with Crippen LogP contribution in [0.4, 0.5) is 5.69 Å². The molecule has 136 valence electrons. The Bertz CT molecular complexity index is 644. The van der Waals surface area contributed by atoms with Crippen LogP contribution in [0.2, 0.25) is 0 Å². The van der Waals surface area contributed by atoms with Crippen molar-refractivity contribution < 1.29 is 9.47 Å². The number of para-hydroxylation sites is 1. The smallest absolute Gasteiger partial charge is 0.123 e. The molecule has 0 saturated heterocycles. The van der Waals surface area contributed by atoms with Gasteiger partial charge in [0, 0.05) is 12.2 Å². The van der Waals surface area contributed by atoms with E-state index in [2.05, 4.69) is 52.1 Å². The van der Waals surface area contributed by atoms with Crippen molar-refractivity contribution >= 4 is 5.69 Å². The lowest BCUT2D eigenvalue weighted by atomic mass is 9.86. The summed E-state index contributed by atoms with van der Waals surface area (Å²) in [4.78, 5) is 0. The van der Waals surface area contributed by atoms with Gasteiger partial charge in [0.15, 0.2) is 0 Å². The van der Waals surface area contributed by atoms with Crippen LogP contribution in [0, 0.1) is 0 Å². The number of hydrogen-bond acceptors (Lipinski definition) is 3. The molecule has 0 spiro atoms. The molecule has 3 nitrogen and oxygen atoms in total. The van der Waals surface area contributed by atoms with Crippen LogP contribution in [-0.2, 0) is 5.41 Å². The molecule has 0 aliphatic rings. The van der Waals surface area contributed by atoms with Gasteiger partial charge in [-0.2, -0.15) is 0 Å². The maximum absolute atomic E-state index is 5.99. The van der Waals surface area contributed by atoms with Gasteiger partial charge in [-0.25, -0.2) is 0 Å². The fourth-order valence-electron chi connectivity index (χ4n) is 2.54. The minimum absolute atomic E-state index is 0.0788. The topological polar surface area (TPSA) is 30.5 Å². The Morgan fingerprint density at radius 2 is 1.68 bits per heavy atom. The zero-order valence-electron chi connectivity index (χ0n) is 16.1. The quantitative estimate of drug-likeness (QED) is 0.629. The molecule has 0 fully saturated rings. The number of rotatable bonds is 8. The molecule has 1 atom stereocenters. The van der Waals surface area contributed by atoms with E-state index in [1.54, 1.807) is 0 Å². The molecule has 0 aromatic heterocycles. The van der Waals surface area contributed by atoms with Gasteiger partial charge >= 0.3 is 0 Å². The largest absolute Gasteiger partial charge is 0.491 e. The average molecular weight is 341 g/mol. The summed E-state index contributed by atoms with van der Waals surface area (Å²) in [5.74, 6) is 1.88. The van der Waals surface area contributed by atoms with Crippen LogP contribution >= 0.6 is 0 Å². The second-order valence-corrected chi connectivity index (χ2v) is 7.38. The number of hydrogen-bond donors (Lipinski definition) is 1. The molecular weight excluding hydrogens is 310 g/mol. The molecule has 0 saturated carbocycles. The highest BCUT2D eigenvalue weighted by Crippen LogP contribution is 2.30. The van der Waals surface area contributed by atoms with Crippen molar-refractivity contribution in [3.63, 3.8) is 0 Å². The minimum Gasteiger partial charge on any atom is -0.491 e. The Balaban J connectivity index is 1.82. The third-order valence-corrected chi connectivity index (χ3v) is 4.15. The Kier molecular flexibility index (Phi) is 6.74. The second kappa shape index (κ2) is 8.80. The number of ether oxygens (including phenoxy) is 2. The van der Waals surface area contributed by atoms with Gasteiger partial charge in [-0.1, -0.05) is 45.9 Å². The van der Waals surface area contributed by atoms with E-state index in [4.69, 9.17) is 9.47 Å². The van der Waals surface area contributed by atoms with Crippen molar-refractivity contribution in [3.05, 3.63) is 54.1 Å². The van der Waals surface area contributed by atoms with Gasteiger partial charge in [0.1, 0.15) is 18.1 Å². The molecular formula is C22H31NO2. The molecule has 1 unspecified atom stereocenters. The van der Waals surface area contributed by atoms with E-state index >= 15 is 0 Å². The van der Waals surface area contributed by atoms with Gasteiger partial charge in [0.05, 0.1) is 6.10 Å². The third-order valence-electron chi connectivity index (χ3n) is 4.15. The summed E-state index contributed by atoms with van der Waals surface area (Å²) in [7, 11) is 0. The molecule has 0 heterocycles. The van der Waals surface area contributed by atoms with E-state index < -0.39 is 0 Å². The summed E-state index contributed by atoms with van der Waals surface area (Å²) >= 11 is 0. The molecule has 3 heteroatoms. The van der Waals surface area contributed by atoms with Crippen molar-refractivity contribution in [2.24, 2.45) is 0 Å². The first-order valence-corrected chi connectivity index (χ1v) is 9.13. The molecule has 0 aliphatic carbocycles. The lowest BCUT2D eigenvalue weighted by Crippen LogP contribution is -2.16. The molecule has 2 aromatic carbocycles. The minimum atomic E-state index is 0.0788. The zero-order chi connectivity index (χ0) is 18.3. The summed E-state index contributed by atoms with van der Waals surface area (Å²) in [5.41, 5.74) is 2.39. The third kappa shape index (κ3) is 6.00. The molecule has 0 amide bonds. The summed E-state index contributed by atoms with van der Waals surface area (Å²) in [5, 5.41) is 3.39. The van der Waals surface area contributed by atoms with E-state index in [0.717, 1.165) is 30.2 Å². The first kappa shape index (κ1) is 19.2. The van der Waals surface area contributed by atoms with E-state index in [1.165, 1.54) is 5.56 Å². The maximum atomic E-state index is 5.99. The SMILES string of the molecule is CCC(C)Oc1ccc(NCCOc2ccccc2C(C)(C)C)cc1. The summed E-state index contributed by atoms with van der Waals surface area (Å²) in [6, 6.07) is 16.4. The standard InChI is InChI=1S/C22H31NO2/c1-6-17(2)25-19-13-11-18(12-14-19)23-15-16-24-21-10-8-7-9-20(21)22(3,4)5/h7-14,17,23H,6,15-16H2,1-5H3. The summed E-state index contributed by atoms with van der Waals surface area (Å²) in [6.45, 7) is 12.2. The Hall–Kier alpha value is -2.16. The molecule has 2 aromatic rings. The van der Waals surface area contributed by atoms with Crippen molar-refractivity contribution in [3.8, 4) is 11.5 Å². The van der Waals surface area contributed by atoms with Crippen LogP contribution in [-0.4, -0.2) is 19.3 Å². The Morgan fingerprint density at radius 3 is 2.32 bits per heavy atom. The van der Waals surface area contributed by atoms with Crippen molar-refractivity contribution in [1.29, 1.82) is 0 Å². The molecule has 0 bridgehead atoms. The second-order valence-electron chi connectivity index (χ2n) is 7.38. The summed E-state index contributed by atoms with van der Waals surface area (Å²) in [6.07, 6.45) is 1.25. The zero-order valence-corrected chi connectivity index (χ0v) is 16.1. The predicted molar refractivity (Wildman–Crippen MR) is 106 cm³/mol. The molecule has 0 aliphatic heterocycles. The van der Waals surface area contributed by atoms with Crippen LogP contribution in [0.5, 0.6) is 11.5 Å². The first-order valence-electron chi connectivity index (χ1n) is 9.13. The monoisotopic (exact) mass is 341 g/mol. The lowest BCUT2D eigenvalue weighted by Gasteiger charge is -2.22. The number of nitrogens with one attached hydrogen (secondary N) is 1. The number of anilines is 1. The van der Waals surface area contributed by atoms with Gasteiger partial charge in [0.25, 0.3) is 0 Å². The first-order chi connectivity index (χ1) is 11.9. The van der Waals surface area contributed by atoms with Gasteiger partial charge in [-0.15, -0.1) is 0 Å². The molecule has 1 N–H and O–H groups in total. The lowest BCUT2D eigenvalue weighted by molar-refractivity contribution is 0.217.